The Morgan fingerprint density at radius 3 is 2.81 bits per heavy atom. The van der Waals surface area contributed by atoms with Crippen molar-refractivity contribution < 1.29 is 9.90 Å². The predicted molar refractivity (Wildman–Crippen MR) is 91.1 cm³/mol. The van der Waals surface area contributed by atoms with Gasteiger partial charge in [0.2, 0.25) is 5.95 Å². The van der Waals surface area contributed by atoms with Gasteiger partial charge in [-0.25, -0.2) is 4.79 Å². The zero-order valence-electron chi connectivity index (χ0n) is 14.0. The summed E-state index contributed by atoms with van der Waals surface area (Å²) in [4.78, 5) is 13.1. The van der Waals surface area contributed by atoms with Crippen molar-refractivity contribution in [3.05, 3.63) is 42.2 Å². The highest BCUT2D eigenvalue weighted by Crippen LogP contribution is 2.23. The molecule has 1 fully saturated rings. The maximum absolute atomic E-state index is 10.9. The minimum Gasteiger partial charge on any atom is -0.476 e. The molecule has 0 spiro atoms. The SMILES string of the molecule is O=C(O)c1cn(C[C@@H]2CCCN(c3nnnn3-c3ccccc3)C2)nn1. The molecule has 10 heteroatoms. The van der Waals surface area contributed by atoms with Gasteiger partial charge in [0.05, 0.1) is 11.9 Å². The summed E-state index contributed by atoms with van der Waals surface area (Å²) in [7, 11) is 0. The van der Waals surface area contributed by atoms with Gasteiger partial charge in [-0.15, -0.1) is 5.10 Å². The molecular formula is C16H18N8O2. The fraction of sp³-hybridized carbons (Fsp3) is 0.375. The quantitative estimate of drug-likeness (QED) is 0.718. The van der Waals surface area contributed by atoms with E-state index in [4.69, 9.17) is 5.11 Å². The summed E-state index contributed by atoms with van der Waals surface area (Å²) in [5.41, 5.74) is 0.877. The molecule has 1 aliphatic heterocycles. The van der Waals surface area contributed by atoms with Crippen LogP contribution in [0.2, 0.25) is 0 Å². The third kappa shape index (κ3) is 3.25. The van der Waals surface area contributed by atoms with E-state index in [2.05, 4.69) is 30.7 Å². The smallest absolute Gasteiger partial charge is 0.358 e. The maximum atomic E-state index is 10.9. The molecule has 1 atom stereocenters. The molecule has 0 radical (unpaired) electrons. The molecule has 10 nitrogen and oxygen atoms in total. The summed E-state index contributed by atoms with van der Waals surface area (Å²) in [6.45, 7) is 2.26. The van der Waals surface area contributed by atoms with Crippen molar-refractivity contribution >= 4 is 11.9 Å². The van der Waals surface area contributed by atoms with Gasteiger partial charge in [0.15, 0.2) is 5.69 Å². The fourth-order valence-corrected chi connectivity index (χ4v) is 3.26. The lowest BCUT2D eigenvalue weighted by Crippen LogP contribution is -2.38. The van der Waals surface area contributed by atoms with Crippen LogP contribution in [0.5, 0.6) is 0 Å². The lowest BCUT2D eigenvalue weighted by atomic mass is 9.98. The molecule has 3 aromatic rings. The summed E-state index contributed by atoms with van der Waals surface area (Å²) in [6.07, 6.45) is 3.51. The lowest BCUT2D eigenvalue weighted by Gasteiger charge is -2.32. The Morgan fingerprint density at radius 1 is 1.19 bits per heavy atom. The first-order valence-electron chi connectivity index (χ1n) is 8.43. The highest BCUT2D eigenvalue weighted by atomic mass is 16.4. The zero-order valence-corrected chi connectivity index (χ0v) is 14.0. The standard InChI is InChI=1S/C16H18N8O2/c25-15(26)14-11-23(20-17-14)10-12-5-4-8-22(9-12)16-18-19-21-24(16)13-6-2-1-3-7-13/h1-3,6-7,11-12H,4-5,8-10H2,(H,25,26)/t12-/m1/s1. The van der Waals surface area contributed by atoms with Crippen LogP contribution in [0.4, 0.5) is 5.95 Å². The molecule has 3 heterocycles. The van der Waals surface area contributed by atoms with Crippen molar-refractivity contribution in [2.75, 3.05) is 18.0 Å². The van der Waals surface area contributed by atoms with Crippen LogP contribution in [0.15, 0.2) is 36.5 Å². The van der Waals surface area contributed by atoms with Crippen LogP contribution in [-0.4, -0.2) is 59.4 Å². The second kappa shape index (κ2) is 6.90. The fourth-order valence-electron chi connectivity index (χ4n) is 3.26. The number of carbonyl (C=O) groups is 1. The minimum atomic E-state index is -1.07. The van der Waals surface area contributed by atoms with Gasteiger partial charge in [-0.3, -0.25) is 4.68 Å². The average Bonchev–Trinajstić information content (AvgIpc) is 3.32. The number of hydrogen-bond donors (Lipinski definition) is 1. The second-order valence-corrected chi connectivity index (χ2v) is 6.31. The topological polar surface area (TPSA) is 115 Å². The van der Waals surface area contributed by atoms with Gasteiger partial charge in [0.25, 0.3) is 0 Å². The van der Waals surface area contributed by atoms with E-state index in [0.29, 0.717) is 18.4 Å². The number of tetrazole rings is 1. The van der Waals surface area contributed by atoms with Crippen LogP contribution in [0.3, 0.4) is 0 Å². The number of rotatable bonds is 5. The number of aromatic nitrogens is 7. The highest BCUT2D eigenvalue weighted by Gasteiger charge is 2.25. The molecule has 0 aliphatic carbocycles. The molecule has 1 aliphatic rings. The normalized spacial score (nSPS) is 17.4. The molecular weight excluding hydrogens is 336 g/mol. The molecule has 0 bridgehead atoms. The van der Waals surface area contributed by atoms with Crippen LogP contribution in [0.1, 0.15) is 23.3 Å². The summed E-state index contributed by atoms with van der Waals surface area (Å²) in [6, 6.07) is 9.78. The molecule has 0 saturated carbocycles. The molecule has 1 saturated heterocycles. The number of hydrogen-bond acceptors (Lipinski definition) is 7. The van der Waals surface area contributed by atoms with Crippen LogP contribution >= 0.6 is 0 Å². The number of carboxylic acid groups (broad SMARTS) is 1. The van der Waals surface area contributed by atoms with Crippen LogP contribution in [0, 0.1) is 5.92 Å². The monoisotopic (exact) mass is 354 g/mol. The number of piperidine rings is 1. The predicted octanol–water partition coefficient (Wildman–Crippen LogP) is 0.869. The number of aromatic carboxylic acids is 1. The molecule has 134 valence electrons. The molecule has 1 aromatic carbocycles. The number of anilines is 1. The van der Waals surface area contributed by atoms with Crippen LogP contribution in [0.25, 0.3) is 5.69 Å². The Kier molecular flexibility index (Phi) is 4.30. The Hall–Kier alpha value is -3.30. The lowest BCUT2D eigenvalue weighted by molar-refractivity contribution is 0.0690. The molecule has 4 rings (SSSR count). The van der Waals surface area contributed by atoms with Gasteiger partial charge in [0, 0.05) is 19.6 Å². The van der Waals surface area contributed by atoms with E-state index in [1.807, 2.05) is 30.3 Å². The second-order valence-electron chi connectivity index (χ2n) is 6.31. The van der Waals surface area contributed by atoms with Crippen LogP contribution in [-0.2, 0) is 6.54 Å². The Labute approximate surface area is 149 Å². The number of benzene rings is 1. The van der Waals surface area contributed by atoms with E-state index >= 15 is 0 Å². The van der Waals surface area contributed by atoms with E-state index in [9.17, 15) is 4.79 Å². The van der Waals surface area contributed by atoms with Gasteiger partial charge in [-0.1, -0.05) is 28.5 Å². The average molecular weight is 354 g/mol. The number of nitrogens with zero attached hydrogens (tertiary/aromatic N) is 8. The van der Waals surface area contributed by atoms with Gasteiger partial charge in [0.1, 0.15) is 0 Å². The van der Waals surface area contributed by atoms with Gasteiger partial charge in [-0.05, 0) is 41.3 Å². The van der Waals surface area contributed by atoms with E-state index in [1.165, 1.54) is 6.20 Å². The van der Waals surface area contributed by atoms with Crippen LogP contribution < -0.4 is 4.90 Å². The Bertz CT molecular complexity index is 891. The Morgan fingerprint density at radius 2 is 2.04 bits per heavy atom. The molecule has 0 unspecified atom stereocenters. The van der Waals surface area contributed by atoms with E-state index in [0.717, 1.165) is 31.6 Å². The molecule has 0 amide bonds. The van der Waals surface area contributed by atoms with E-state index < -0.39 is 5.97 Å². The highest BCUT2D eigenvalue weighted by molar-refractivity contribution is 5.84. The zero-order chi connectivity index (χ0) is 17.9. The van der Waals surface area contributed by atoms with Crippen molar-refractivity contribution in [3.63, 3.8) is 0 Å². The van der Waals surface area contributed by atoms with Gasteiger partial charge in [-0.2, -0.15) is 4.68 Å². The summed E-state index contributed by atoms with van der Waals surface area (Å²) >= 11 is 0. The van der Waals surface area contributed by atoms with Crippen molar-refractivity contribution in [3.8, 4) is 5.69 Å². The van der Waals surface area contributed by atoms with Crippen molar-refractivity contribution in [2.45, 2.75) is 19.4 Å². The molecule has 1 N–H and O–H groups in total. The maximum Gasteiger partial charge on any atom is 0.358 e. The van der Waals surface area contributed by atoms with E-state index in [1.54, 1.807) is 9.36 Å². The molecule has 2 aromatic heterocycles. The largest absolute Gasteiger partial charge is 0.476 e. The first-order chi connectivity index (χ1) is 12.7. The van der Waals surface area contributed by atoms with Gasteiger partial charge < -0.3 is 10.0 Å². The number of para-hydroxylation sites is 1. The summed E-state index contributed by atoms with van der Waals surface area (Å²) in [5.74, 6) is -0.0395. The van der Waals surface area contributed by atoms with Crippen molar-refractivity contribution in [1.82, 2.24) is 35.2 Å². The van der Waals surface area contributed by atoms with Crippen molar-refractivity contribution in [1.29, 1.82) is 0 Å². The van der Waals surface area contributed by atoms with Gasteiger partial charge >= 0.3 is 5.97 Å². The first kappa shape index (κ1) is 16.2. The Balaban J connectivity index is 1.49. The third-order valence-electron chi connectivity index (χ3n) is 4.46. The molecule has 26 heavy (non-hydrogen) atoms. The minimum absolute atomic E-state index is 0.0364. The summed E-state index contributed by atoms with van der Waals surface area (Å²) < 4.78 is 3.33. The number of carboxylic acids is 1. The summed E-state index contributed by atoms with van der Waals surface area (Å²) in [5, 5.41) is 28.7. The van der Waals surface area contributed by atoms with Crippen molar-refractivity contribution in [2.24, 2.45) is 5.92 Å². The first-order valence-corrected chi connectivity index (χ1v) is 8.43. The third-order valence-corrected chi connectivity index (χ3v) is 4.46. The van der Waals surface area contributed by atoms with E-state index in [-0.39, 0.29) is 5.69 Å².